The molecule has 1 heterocycles. The fraction of sp³-hybridized carbons (Fsp3) is 0.643. The van der Waals surface area contributed by atoms with Crippen LogP contribution in [0.15, 0.2) is 12.1 Å². The minimum Gasteiger partial charge on any atom is -0.476 e. The lowest BCUT2D eigenvalue weighted by Crippen LogP contribution is -2.43. The van der Waals surface area contributed by atoms with E-state index in [0.717, 1.165) is 12.2 Å². The summed E-state index contributed by atoms with van der Waals surface area (Å²) in [5.41, 5.74) is 0.784. The van der Waals surface area contributed by atoms with Crippen LogP contribution in [0.3, 0.4) is 0 Å². The molecule has 4 nitrogen and oxygen atoms in total. The summed E-state index contributed by atoms with van der Waals surface area (Å²) in [7, 11) is 4.07. The molecule has 0 aliphatic heterocycles. The molecule has 0 atom stereocenters. The first-order valence-electron chi connectivity index (χ1n) is 6.53. The molecule has 5 heteroatoms. The summed E-state index contributed by atoms with van der Waals surface area (Å²) in [6.07, 6.45) is 0. The van der Waals surface area contributed by atoms with Crippen molar-refractivity contribution in [2.24, 2.45) is 0 Å². The number of halogens is 1. The second-order valence-electron chi connectivity index (χ2n) is 5.35. The number of nitrogens with one attached hydrogen (secondary N) is 1. The van der Waals surface area contributed by atoms with Gasteiger partial charge in [0.15, 0.2) is 0 Å². The fourth-order valence-electron chi connectivity index (χ4n) is 1.29. The van der Waals surface area contributed by atoms with Crippen molar-refractivity contribution in [3.63, 3.8) is 0 Å². The van der Waals surface area contributed by atoms with Crippen molar-refractivity contribution in [1.82, 2.24) is 15.2 Å². The van der Waals surface area contributed by atoms with Gasteiger partial charge in [0.05, 0.1) is 10.7 Å². The van der Waals surface area contributed by atoms with E-state index in [1.54, 1.807) is 0 Å². The number of likely N-dealkylation sites (N-methyl/N-ethyl adjacent to an activating group) is 1. The first-order valence-corrected chi connectivity index (χ1v) is 6.91. The molecule has 0 aromatic carbocycles. The lowest BCUT2D eigenvalue weighted by molar-refractivity contribution is 0.111. The smallest absolute Gasteiger partial charge is 0.213 e. The molecular formula is C14H24ClN3O. The summed E-state index contributed by atoms with van der Waals surface area (Å²) < 4.78 is 5.77. The van der Waals surface area contributed by atoms with Crippen molar-refractivity contribution in [3.8, 4) is 5.88 Å². The molecule has 1 N–H and O–H groups in total. The molecule has 0 saturated carbocycles. The third-order valence-electron chi connectivity index (χ3n) is 3.22. The van der Waals surface area contributed by atoms with Gasteiger partial charge in [0.1, 0.15) is 6.61 Å². The van der Waals surface area contributed by atoms with E-state index in [2.05, 4.69) is 29.0 Å². The summed E-state index contributed by atoms with van der Waals surface area (Å²) >= 11 is 6.11. The first-order chi connectivity index (χ1) is 8.86. The van der Waals surface area contributed by atoms with Gasteiger partial charge in [0.2, 0.25) is 5.88 Å². The maximum Gasteiger partial charge on any atom is 0.213 e. The van der Waals surface area contributed by atoms with Crippen molar-refractivity contribution < 1.29 is 4.74 Å². The number of hydrogen-bond acceptors (Lipinski definition) is 4. The Bertz CT molecular complexity index is 408. The second-order valence-corrected chi connectivity index (χ2v) is 5.76. The molecule has 1 aromatic rings. The van der Waals surface area contributed by atoms with Gasteiger partial charge >= 0.3 is 0 Å². The lowest BCUT2D eigenvalue weighted by atomic mass is 10.1. The molecule has 0 unspecified atom stereocenters. The highest BCUT2D eigenvalue weighted by Gasteiger charge is 2.21. The molecule has 0 aliphatic rings. The fourth-order valence-corrected chi connectivity index (χ4v) is 1.46. The van der Waals surface area contributed by atoms with Gasteiger partial charge in [-0.2, -0.15) is 0 Å². The van der Waals surface area contributed by atoms with Crippen molar-refractivity contribution in [2.45, 2.75) is 32.9 Å². The normalized spacial score (nSPS) is 11.9. The van der Waals surface area contributed by atoms with Crippen LogP contribution < -0.4 is 10.1 Å². The van der Waals surface area contributed by atoms with E-state index in [0.29, 0.717) is 24.1 Å². The predicted octanol–water partition coefficient (Wildman–Crippen LogP) is 2.56. The van der Waals surface area contributed by atoms with E-state index in [9.17, 15) is 0 Å². The Balaban J connectivity index is 2.69. The topological polar surface area (TPSA) is 37.4 Å². The highest BCUT2D eigenvalue weighted by atomic mass is 35.5. The van der Waals surface area contributed by atoms with Crippen LogP contribution in [0.5, 0.6) is 5.88 Å². The maximum atomic E-state index is 6.11. The van der Waals surface area contributed by atoms with Crippen molar-refractivity contribution in [1.29, 1.82) is 0 Å². The zero-order chi connectivity index (χ0) is 14.5. The number of pyridine rings is 1. The third kappa shape index (κ3) is 4.97. The van der Waals surface area contributed by atoms with Crippen LogP contribution in [0.25, 0.3) is 0 Å². The number of aromatic nitrogens is 1. The lowest BCUT2D eigenvalue weighted by Gasteiger charge is -2.31. The largest absolute Gasteiger partial charge is 0.476 e. The highest BCUT2D eigenvalue weighted by molar-refractivity contribution is 6.31. The summed E-state index contributed by atoms with van der Waals surface area (Å²) in [6, 6.07) is 3.64. The van der Waals surface area contributed by atoms with Crippen molar-refractivity contribution in [2.75, 3.05) is 27.2 Å². The molecule has 19 heavy (non-hydrogen) atoms. The molecule has 0 aliphatic carbocycles. The molecule has 0 fully saturated rings. The van der Waals surface area contributed by atoms with Gasteiger partial charge in [0.25, 0.3) is 0 Å². The average Bonchev–Trinajstić information content (AvgIpc) is 2.36. The van der Waals surface area contributed by atoms with E-state index in [1.165, 1.54) is 0 Å². The highest BCUT2D eigenvalue weighted by Crippen LogP contribution is 2.19. The third-order valence-corrected chi connectivity index (χ3v) is 3.56. The summed E-state index contributed by atoms with van der Waals surface area (Å²) in [4.78, 5) is 6.56. The van der Waals surface area contributed by atoms with E-state index in [-0.39, 0.29) is 5.54 Å². The molecule has 108 valence electrons. The zero-order valence-corrected chi connectivity index (χ0v) is 13.2. The van der Waals surface area contributed by atoms with Crippen molar-refractivity contribution in [3.05, 3.63) is 22.8 Å². The van der Waals surface area contributed by atoms with Gasteiger partial charge in [-0.1, -0.05) is 18.5 Å². The molecule has 0 radical (unpaired) electrons. The summed E-state index contributed by atoms with van der Waals surface area (Å²) in [5, 5.41) is 3.88. The van der Waals surface area contributed by atoms with Crippen LogP contribution >= 0.6 is 11.6 Å². The molecule has 0 spiro atoms. The van der Waals surface area contributed by atoms with Gasteiger partial charge in [-0.05, 0) is 40.6 Å². The average molecular weight is 286 g/mol. The van der Waals surface area contributed by atoms with Gasteiger partial charge < -0.3 is 15.0 Å². The van der Waals surface area contributed by atoms with Crippen molar-refractivity contribution >= 4 is 11.6 Å². The number of rotatable bonds is 7. The maximum absolute atomic E-state index is 6.11. The molecule has 1 rings (SSSR count). The Kier molecular flexibility index (Phi) is 6.04. The predicted molar refractivity (Wildman–Crippen MR) is 79.9 cm³/mol. The first kappa shape index (κ1) is 16.2. The van der Waals surface area contributed by atoms with E-state index < -0.39 is 0 Å². The molecule has 0 saturated heterocycles. The zero-order valence-electron chi connectivity index (χ0n) is 12.5. The van der Waals surface area contributed by atoms with E-state index in [4.69, 9.17) is 16.3 Å². The molecule has 0 amide bonds. The number of hydrogen-bond donors (Lipinski definition) is 1. The Morgan fingerprint density at radius 1 is 1.37 bits per heavy atom. The van der Waals surface area contributed by atoms with Crippen LogP contribution in [-0.2, 0) is 6.54 Å². The second kappa shape index (κ2) is 7.08. The van der Waals surface area contributed by atoms with Gasteiger partial charge in [-0.15, -0.1) is 0 Å². The summed E-state index contributed by atoms with van der Waals surface area (Å²) in [6.45, 7) is 8.43. The van der Waals surface area contributed by atoms with Crippen LogP contribution in [0.1, 0.15) is 26.5 Å². The Labute approximate surface area is 121 Å². The molecular weight excluding hydrogens is 262 g/mol. The van der Waals surface area contributed by atoms with Gasteiger partial charge in [0, 0.05) is 18.2 Å². The van der Waals surface area contributed by atoms with Gasteiger partial charge in [-0.25, -0.2) is 4.98 Å². The molecule has 0 bridgehead atoms. The standard InChI is InChI=1S/C14H24ClN3O/c1-6-16-9-12-11(15)7-8-13(17-12)19-10-14(2,3)18(4)5/h7-8,16H,6,9-10H2,1-5H3. The van der Waals surface area contributed by atoms with Crippen LogP contribution in [0.4, 0.5) is 0 Å². The monoisotopic (exact) mass is 285 g/mol. The van der Waals surface area contributed by atoms with Crippen LogP contribution in [-0.4, -0.2) is 42.7 Å². The molecule has 1 aromatic heterocycles. The van der Waals surface area contributed by atoms with Crippen LogP contribution in [0, 0.1) is 0 Å². The van der Waals surface area contributed by atoms with Gasteiger partial charge in [-0.3, -0.25) is 0 Å². The van der Waals surface area contributed by atoms with Crippen LogP contribution in [0.2, 0.25) is 5.02 Å². The number of ether oxygens (including phenoxy) is 1. The van der Waals surface area contributed by atoms with E-state index in [1.807, 2.05) is 33.2 Å². The van der Waals surface area contributed by atoms with E-state index >= 15 is 0 Å². The SMILES string of the molecule is CCNCc1nc(OCC(C)(C)N(C)C)ccc1Cl. The summed E-state index contributed by atoms with van der Waals surface area (Å²) in [5.74, 6) is 0.618. The number of nitrogens with zero attached hydrogens (tertiary/aromatic N) is 2. The Morgan fingerprint density at radius 3 is 2.63 bits per heavy atom. The Morgan fingerprint density at radius 2 is 2.05 bits per heavy atom. The minimum absolute atomic E-state index is 0.0385. The minimum atomic E-state index is -0.0385. The quantitative estimate of drug-likeness (QED) is 0.835. The Hall–Kier alpha value is -0.840.